The molecule has 0 bridgehead atoms. The number of aromatic nitrogens is 1. The Labute approximate surface area is 125 Å². The predicted molar refractivity (Wildman–Crippen MR) is 82.5 cm³/mol. The van der Waals surface area contributed by atoms with Gasteiger partial charge < -0.3 is 14.8 Å². The van der Waals surface area contributed by atoms with Crippen LogP contribution in [-0.4, -0.2) is 39.9 Å². The maximum atomic E-state index is 11.8. The summed E-state index contributed by atoms with van der Waals surface area (Å²) in [5.74, 6) is 0.365. The Balaban J connectivity index is 2.33. The van der Waals surface area contributed by atoms with Crippen LogP contribution >= 0.6 is 0 Å². The second-order valence-corrected chi connectivity index (χ2v) is 6.21. The van der Waals surface area contributed by atoms with Crippen LogP contribution in [0.2, 0.25) is 0 Å². The van der Waals surface area contributed by atoms with Gasteiger partial charge in [-0.25, -0.2) is 0 Å². The van der Waals surface area contributed by atoms with Gasteiger partial charge in [-0.2, -0.15) is 0 Å². The maximum Gasteiger partial charge on any atom is 0.223 e. The Kier molecular flexibility index (Phi) is 5.42. The predicted octanol–water partition coefficient (Wildman–Crippen LogP) is 1.73. The number of hydrogen-bond acceptors (Lipinski definition) is 4. The molecule has 1 saturated carbocycles. The van der Waals surface area contributed by atoms with Crippen molar-refractivity contribution in [3.8, 4) is 5.75 Å². The van der Waals surface area contributed by atoms with Gasteiger partial charge in [-0.05, 0) is 25.8 Å². The van der Waals surface area contributed by atoms with Crippen LogP contribution in [-0.2, 0) is 6.54 Å². The average molecular weight is 294 g/mol. The number of pyridine rings is 1. The van der Waals surface area contributed by atoms with Gasteiger partial charge in [0.25, 0.3) is 0 Å². The lowest BCUT2D eigenvalue weighted by molar-refractivity contribution is 0.204. The second-order valence-electron chi connectivity index (χ2n) is 6.21. The number of likely N-dealkylation sites (N-methyl/N-ethyl adjacent to an activating group) is 1. The van der Waals surface area contributed by atoms with E-state index in [9.17, 15) is 9.90 Å². The number of aliphatic hydroxyl groups excluding tert-OH is 1. The van der Waals surface area contributed by atoms with Crippen molar-refractivity contribution in [2.24, 2.45) is 5.92 Å². The molecule has 0 aromatic carbocycles. The van der Waals surface area contributed by atoms with Gasteiger partial charge in [0.2, 0.25) is 5.43 Å². The van der Waals surface area contributed by atoms with Gasteiger partial charge in [0.05, 0.1) is 12.8 Å². The third kappa shape index (κ3) is 3.86. The quantitative estimate of drug-likeness (QED) is 0.868. The van der Waals surface area contributed by atoms with Crippen molar-refractivity contribution >= 4 is 0 Å². The van der Waals surface area contributed by atoms with E-state index in [1.54, 1.807) is 6.20 Å². The van der Waals surface area contributed by atoms with E-state index in [1.807, 2.05) is 11.9 Å². The maximum absolute atomic E-state index is 11.8. The Morgan fingerprint density at radius 2 is 2.10 bits per heavy atom. The minimum atomic E-state index is -0.331. The van der Waals surface area contributed by atoms with Crippen molar-refractivity contribution in [3.63, 3.8) is 0 Å². The highest BCUT2D eigenvalue weighted by molar-refractivity contribution is 5.21. The first kappa shape index (κ1) is 16.0. The first-order valence-electron chi connectivity index (χ1n) is 7.76. The fraction of sp³-hybridized carbons (Fsp3) is 0.688. The highest BCUT2D eigenvalue weighted by atomic mass is 16.3. The molecule has 1 aliphatic rings. The Morgan fingerprint density at radius 1 is 1.38 bits per heavy atom. The van der Waals surface area contributed by atoms with Crippen molar-refractivity contribution in [1.29, 1.82) is 0 Å². The third-order valence-electron chi connectivity index (χ3n) is 4.48. The summed E-state index contributed by atoms with van der Waals surface area (Å²) in [6.07, 6.45) is 6.30. The lowest BCUT2D eigenvalue weighted by atomic mass is 9.85. The summed E-state index contributed by atoms with van der Waals surface area (Å²) in [7, 11) is 1.92. The zero-order valence-electron chi connectivity index (χ0n) is 13.0. The molecule has 0 aliphatic heterocycles. The van der Waals surface area contributed by atoms with Crippen molar-refractivity contribution in [3.05, 3.63) is 28.2 Å². The number of aromatic hydroxyl groups is 1. The molecule has 5 nitrogen and oxygen atoms in total. The molecular formula is C16H26N2O3. The Hall–Kier alpha value is -1.33. The van der Waals surface area contributed by atoms with E-state index in [4.69, 9.17) is 5.11 Å². The molecule has 2 atom stereocenters. The first-order chi connectivity index (χ1) is 10.0. The SMILES string of the molecule is CC1CCCCC1n1cc(O)c(=O)cc1CN(C)CCO. The summed E-state index contributed by atoms with van der Waals surface area (Å²) >= 11 is 0. The van der Waals surface area contributed by atoms with Crippen LogP contribution in [0.25, 0.3) is 0 Å². The molecule has 2 unspecified atom stereocenters. The molecule has 1 aliphatic carbocycles. The summed E-state index contributed by atoms with van der Waals surface area (Å²) in [5, 5.41) is 18.8. The second kappa shape index (κ2) is 7.09. The third-order valence-corrected chi connectivity index (χ3v) is 4.48. The van der Waals surface area contributed by atoms with Crippen LogP contribution in [0.3, 0.4) is 0 Å². The average Bonchev–Trinajstić information content (AvgIpc) is 2.44. The van der Waals surface area contributed by atoms with Gasteiger partial charge in [0.1, 0.15) is 0 Å². The van der Waals surface area contributed by atoms with Gasteiger partial charge in [-0.1, -0.05) is 19.8 Å². The van der Waals surface area contributed by atoms with Crippen molar-refractivity contribution in [2.75, 3.05) is 20.2 Å². The van der Waals surface area contributed by atoms with Crippen LogP contribution < -0.4 is 5.43 Å². The number of nitrogens with zero attached hydrogens (tertiary/aromatic N) is 2. The molecule has 0 amide bonds. The monoisotopic (exact) mass is 294 g/mol. The summed E-state index contributed by atoms with van der Waals surface area (Å²) in [6.45, 7) is 3.49. The molecule has 2 rings (SSSR count). The summed E-state index contributed by atoms with van der Waals surface area (Å²) in [5.41, 5.74) is 0.578. The van der Waals surface area contributed by atoms with Crippen molar-refractivity contribution in [1.82, 2.24) is 9.47 Å². The minimum Gasteiger partial charge on any atom is -0.503 e. The molecule has 0 saturated heterocycles. The smallest absolute Gasteiger partial charge is 0.223 e. The molecule has 21 heavy (non-hydrogen) atoms. The molecule has 0 radical (unpaired) electrons. The normalized spacial score (nSPS) is 22.7. The lowest BCUT2D eigenvalue weighted by Gasteiger charge is -2.33. The van der Waals surface area contributed by atoms with E-state index in [-0.39, 0.29) is 17.8 Å². The summed E-state index contributed by atoms with van der Waals surface area (Å²) < 4.78 is 2.08. The standard InChI is InChI=1S/C16H26N2O3/c1-12-5-3-4-6-14(12)18-11-16(21)15(20)9-13(18)10-17(2)7-8-19/h9,11-12,14,19,21H,3-8,10H2,1-2H3. The van der Waals surface area contributed by atoms with E-state index in [1.165, 1.54) is 25.3 Å². The van der Waals surface area contributed by atoms with Crippen LogP contribution in [0.5, 0.6) is 5.75 Å². The van der Waals surface area contributed by atoms with Crippen molar-refractivity contribution in [2.45, 2.75) is 45.2 Å². The van der Waals surface area contributed by atoms with E-state index in [0.717, 1.165) is 12.1 Å². The zero-order chi connectivity index (χ0) is 15.4. The fourth-order valence-electron chi connectivity index (χ4n) is 3.25. The fourth-order valence-corrected chi connectivity index (χ4v) is 3.25. The Morgan fingerprint density at radius 3 is 2.76 bits per heavy atom. The van der Waals surface area contributed by atoms with E-state index in [2.05, 4.69) is 11.5 Å². The first-order valence-corrected chi connectivity index (χ1v) is 7.76. The molecule has 1 fully saturated rings. The van der Waals surface area contributed by atoms with Gasteiger partial charge >= 0.3 is 0 Å². The molecule has 118 valence electrons. The lowest BCUT2D eigenvalue weighted by Crippen LogP contribution is -2.29. The molecule has 1 aromatic rings. The van der Waals surface area contributed by atoms with Gasteiger partial charge in [-0.15, -0.1) is 0 Å². The van der Waals surface area contributed by atoms with Crippen LogP contribution in [0.15, 0.2) is 17.1 Å². The van der Waals surface area contributed by atoms with Gasteiger partial charge in [-0.3, -0.25) is 9.69 Å². The number of hydrogen-bond donors (Lipinski definition) is 2. The molecular weight excluding hydrogens is 268 g/mol. The van der Waals surface area contributed by atoms with Crippen LogP contribution in [0, 0.1) is 5.92 Å². The van der Waals surface area contributed by atoms with E-state index < -0.39 is 0 Å². The topological polar surface area (TPSA) is 65.7 Å². The molecule has 0 spiro atoms. The molecule has 5 heteroatoms. The van der Waals surface area contributed by atoms with Crippen molar-refractivity contribution < 1.29 is 10.2 Å². The zero-order valence-corrected chi connectivity index (χ0v) is 13.0. The van der Waals surface area contributed by atoms with Gasteiger partial charge in [0.15, 0.2) is 5.75 Å². The van der Waals surface area contributed by atoms with E-state index >= 15 is 0 Å². The van der Waals surface area contributed by atoms with Gasteiger partial charge in [0, 0.05) is 30.9 Å². The Bertz CT molecular complexity index is 527. The largest absolute Gasteiger partial charge is 0.503 e. The number of aliphatic hydroxyl groups is 1. The molecule has 1 heterocycles. The van der Waals surface area contributed by atoms with E-state index in [0.29, 0.717) is 25.0 Å². The van der Waals surface area contributed by atoms with Crippen LogP contribution in [0.4, 0.5) is 0 Å². The number of rotatable bonds is 5. The molecule has 2 N–H and O–H groups in total. The minimum absolute atomic E-state index is 0.0959. The van der Waals surface area contributed by atoms with Crippen LogP contribution in [0.1, 0.15) is 44.3 Å². The summed E-state index contributed by atoms with van der Waals surface area (Å²) in [6, 6.07) is 1.87. The summed E-state index contributed by atoms with van der Waals surface area (Å²) in [4.78, 5) is 13.7. The highest BCUT2D eigenvalue weighted by Gasteiger charge is 2.24. The molecule has 1 aromatic heterocycles. The highest BCUT2D eigenvalue weighted by Crippen LogP contribution is 2.34.